The first kappa shape index (κ1) is 26.3. The van der Waals surface area contributed by atoms with Crippen LogP contribution in [0.15, 0.2) is 29.3 Å². The van der Waals surface area contributed by atoms with Crippen LogP contribution in [0.2, 0.25) is 0 Å². The van der Waals surface area contributed by atoms with E-state index in [0.29, 0.717) is 12.1 Å². The van der Waals surface area contributed by atoms with Crippen molar-refractivity contribution in [2.75, 3.05) is 11.5 Å². The van der Waals surface area contributed by atoms with Crippen LogP contribution in [0.1, 0.15) is 67.7 Å². The fourth-order valence-corrected chi connectivity index (χ4v) is 4.98. The van der Waals surface area contributed by atoms with Crippen molar-refractivity contribution in [1.82, 2.24) is 0 Å². The number of rotatable bonds is 4. The monoisotopic (exact) mass is 492 g/mol. The summed E-state index contributed by atoms with van der Waals surface area (Å²) in [6.45, 7) is 11.1. The van der Waals surface area contributed by atoms with E-state index >= 15 is 0 Å². The van der Waals surface area contributed by atoms with Gasteiger partial charge in [0, 0.05) is 28.0 Å². The molecule has 0 saturated carbocycles. The number of nitrogens with zero attached hydrogens (tertiary/aromatic N) is 2. The zero-order valence-corrected chi connectivity index (χ0v) is 21.9. The predicted octanol–water partition coefficient (Wildman–Crippen LogP) is 4.83. The zero-order valence-electron chi connectivity index (χ0n) is 21.1. The van der Waals surface area contributed by atoms with Crippen LogP contribution in [0, 0.1) is 36.5 Å². The number of thiophene rings is 1. The Morgan fingerprint density at radius 1 is 1.26 bits per heavy atom. The normalized spacial score (nSPS) is 15.5. The molecule has 3 N–H and O–H groups in total. The molecule has 0 radical (unpaired) electrons. The molecule has 184 valence electrons. The first-order valence-electron chi connectivity index (χ1n) is 11.5. The molecular formula is C27H32N4O3S. The first-order chi connectivity index (χ1) is 16.4. The van der Waals surface area contributed by atoms with E-state index < -0.39 is 17.6 Å². The van der Waals surface area contributed by atoms with Gasteiger partial charge >= 0.3 is 5.97 Å². The molecule has 0 fully saturated rings. The van der Waals surface area contributed by atoms with E-state index in [1.165, 1.54) is 11.3 Å². The van der Waals surface area contributed by atoms with Gasteiger partial charge in [0.15, 0.2) is 0 Å². The third-order valence-electron chi connectivity index (χ3n) is 5.39. The summed E-state index contributed by atoms with van der Waals surface area (Å²) in [7, 11) is 0. The van der Waals surface area contributed by atoms with Crippen LogP contribution in [0.25, 0.3) is 0 Å². The summed E-state index contributed by atoms with van der Waals surface area (Å²) in [5.41, 5.74) is 3.60. The minimum atomic E-state index is -0.802. The predicted molar refractivity (Wildman–Crippen MR) is 142 cm³/mol. The number of nitrogens with one attached hydrogen (secondary N) is 2. The summed E-state index contributed by atoms with van der Waals surface area (Å²) in [6.07, 6.45) is 0.319. The average molecular weight is 493 g/mol. The molecule has 1 aliphatic heterocycles. The van der Waals surface area contributed by atoms with Gasteiger partial charge in [0.05, 0.1) is 18.7 Å². The lowest BCUT2D eigenvalue weighted by Gasteiger charge is -2.25. The third-order valence-corrected chi connectivity index (χ3v) is 6.58. The Hall–Kier alpha value is -3.28. The van der Waals surface area contributed by atoms with Gasteiger partial charge in [0.2, 0.25) is 0 Å². The average Bonchev–Trinajstić information content (AvgIpc) is 2.97. The highest BCUT2D eigenvalue weighted by Gasteiger charge is 2.35. The lowest BCUT2D eigenvalue weighted by molar-refractivity contribution is -0.154. The smallest absolute Gasteiger partial charge is 0.308 e. The molecule has 1 aromatic heterocycles. The Bertz CT molecular complexity index is 1240. The van der Waals surface area contributed by atoms with Crippen molar-refractivity contribution < 1.29 is 14.6 Å². The number of aryl methyl sites for hydroxylation is 1. The molecule has 8 heteroatoms. The molecular weight excluding hydrogens is 460 g/mol. The van der Waals surface area contributed by atoms with Crippen molar-refractivity contribution in [3.8, 4) is 11.8 Å². The Labute approximate surface area is 210 Å². The number of aliphatic hydroxyl groups is 1. The van der Waals surface area contributed by atoms with Gasteiger partial charge in [-0.3, -0.25) is 25.5 Å². The van der Waals surface area contributed by atoms with Crippen molar-refractivity contribution in [2.45, 2.75) is 66.0 Å². The lowest BCUT2D eigenvalue weighted by atomic mass is 9.98. The minimum Gasteiger partial charge on any atom is -0.460 e. The molecule has 3 rings (SSSR count). The van der Waals surface area contributed by atoms with Crippen molar-refractivity contribution in [3.63, 3.8) is 0 Å². The molecule has 0 spiro atoms. The highest BCUT2D eigenvalue weighted by atomic mass is 32.1. The van der Waals surface area contributed by atoms with Gasteiger partial charge < -0.3 is 9.84 Å². The quantitative estimate of drug-likeness (QED) is 0.246. The van der Waals surface area contributed by atoms with Crippen LogP contribution >= 0.6 is 11.3 Å². The summed E-state index contributed by atoms with van der Waals surface area (Å²) in [5.74, 6) is 5.78. The standard InChI is InChI=1S/C27H32N4O3S/c1-16-17(2)35-26-23(16)24(20-12-10-19(11-13-20)9-7-8-14-32)30-21(25(29)31(26)18(3)28)15-22(33)34-27(4,5)6/h10-13,21,28-29,32H,8,14-15H2,1-6H3/t21-/m0/s1. The Morgan fingerprint density at radius 2 is 1.91 bits per heavy atom. The van der Waals surface area contributed by atoms with E-state index in [1.807, 2.05) is 38.1 Å². The number of fused-ring (bicyclic) bond motifs is 1. The van der Waals surface area contributed by atoms with Crippen LogP contribution in [-0.4, -0.2) is 46.7 Å². The van der Waals surface area contributed by atoms with Gasteiger partial charge in [0.25, 0.3) is 0 Å². The van der Waals surface area contributed by atoms with Crippen LogP contribution < -0.4 is 4.90 Å². The molecule has 2 heterocycles. The van der Waals surface area contributed by atoms with Gasteiger partial charge in [-0.2, -0.15) is 0 Å². The van der Waals surface area contributed by atoms with E-state index in [-0.39, 0.29) is 24.7 Å². The summed E-state index contributed by atoms with van der Waals surface area (Å²) in [6, 6.07) is 6.85. The minimum absolute atomic E-state index is 0.0232. The summed E-state index contributed by atoms with van der Waals surface area (Å²) in [5, 5.41) is 27.1. The van der Waals surface area contributed by atoms with E-state index in [9.17, 15) is 4.79 Å². The Morgan fingerprint density at radius 3 is 2.49 bits per heavy atom. The summed E-state index contributed by atoms with van der Waals surface area (Å²) >= 11 is 1.52. The molecule has 0 amide bonds. The molecule has 2 aromatic rings. The van der Waals surface area contributed by atoms with E-state index in [0.717, 1.165) is 32.1 Å². The molecule has 7 nitrogen and oxygen atoms in total. The highest BCUT2D eigenvalue weighted by Crippen LogP contribution is 2.40. The molecule has 1 aromatic carbocycles. The molecule has 0 saturated heterocycles. The molecule has 1 atom stereocenters. The van der Waals surface area contributed by atoms with E-state index in [1.54, 1.807) is 32.6 Å². The summed E-state index contributed by atoms with van der Waals surface area (Å²) in [4.78, 5) is 20.3. The number of aliphatic hydroxyl groups excluding tert-OH is 1. The maximum atomic E-state index is 12.7. The number of amidine groups is 2. The van der Waals surface area contributed by atoms with Gasteiger partial charge in [-0.1, -0.05) is 24.0 Å². The zero-order chi connectivity index (χ0) is 25.9. The number of aliphatic imine (C=N–C) groups is 1. The SMILES string of the molecule is CC(=N)N1C(=N)[C@H](CC(=O)OC(C)(C)C)N=C(c2ccc(C#CCCO)cc2)c2c1sc(C)c2C. The Kier molecular flexibility index (Phi) is 7.93. The lowest BCUT2D eigenvalue weighted by Crippen LogP contribution is -2.41. The third kappa shape index (κ3) is 6.05. The fraction of sp³-hybridized carbons (Fsp3) is 0.407. The highest BCUT2D eigenvalue weighted by molar-refractivity contribution is 7.17. The van der Waals surface area contributed by atoms with Gasteiger partial charge in [-0.05, 0) is 59.2 Å². The largest absolute Gasteiger partial charge is 0.460 e. The number of benzene rings is 1. The Balaban J connectivity index is 2.14. The number of carbonyl (C=O) groups is 1. The van der Waals surface area contributed by atoms with Crippen molar-refractivity contribution in [3.05, 3.63) is 51.4 Å². The van der Waals surface area contributed by atoms with Crippen LogP contribution in [-0.2, 0) is 9.53 Å². The second kappa shape index (κ2) is 10.5. The molecule has 1 aliphatic rings. The van der Waals surface area contributed by atoms with E-state index in [2.05, 4.69) is 11.8 Å². The van der Waals surface area contributed by atoms with Gasteiger partial charge in [-0.15, -0.1) is 11.3 Å². The molecule has 0 bridgehead atoms. The summed E-state index contributed by atoms with van der Waals surface area (Å²) < 4.78 is 5.52. The van der Waals surface area contributed by atoms with Crippen LogP contribution in [0.5, 0.6) is 0 Å². The van der Waals surface area contributed by atoms with Crippen LogP contribution in [0.3, 0.4) is 0 Å². The van der Waals surface area contributed by atoms with Crippen molar-refractivity contribution in [2.24, 2.45) is 4.99 Å². The maximum Gasteiger partial charge on any atom is 0.308 e. The number of esters is 1. The number of carbonyl (C=O) groups excluding carboxylic acids is 1. The van der Waals surface area contributed by atoms with Crippen molar-refractivity contribution in [1.29, 1.82) is 10.8 Å². The fourth-order valence-electron chi connectivity index (χ4n) is 3.75. The van der Waals surface area contributed by atoms with Gasteiger partial charge in [0.1, 0.15) is 28.3 Å². The molecule has 0 unspecified atom stereocenters. The molecule has 0 aliphatic carbocycles. The number of ether oxygens (including phenoxy) is 1. The number of hydrogen-bond donors (Lipinski definition) is 3. The topological polar surface area (TPSA) is 110 Å². The second-order valence-corrected chi connectivity index (χ2v) is 10.6. The molecule has 35 heavy (non-hydrogen) atoms. The number of anilines is 1. The van der Waals surface area contributed by atoms with Crippen molar-refractivity contribution >= 4 is 39.7 Å². The first-order valence-corrected chi connectivity index (χ1v) is 12.3. The maximum absolute atomic E-state index is 12.7. The van der Waals surface area contributed by atoms with Crippen LogP contribution in [0.4, 0.5) is 5.00 Å². The van der Waals surface area contributed by atoms with E-state index in [4.69, 9.17) is 25.7 Å². The van der Waals surface area contributed by atoms with Gasteiger partial charge in [-0.25, -0.2) is 0 Å². The second-order valence-electron chi connectivity index (χ2n) is 9.41. The number of hydrogen-bond acceptors (Lipinski definition) is 7.